The molecule has 2 rings (SSSR count). The molecule has 2 aromatic heterocycles. The molecule has 0 spiro atoms. The van der Waals surface area contributed by atoms with Gasteiger partial charge in [0.2, 0.25) is 5.95 Å². The molecule has 5 heteroatoms. The molecule has 0 aromatic carbocycles. The first-order valence-corrected chi connectivity index (χ1v) is 7.06. The minimum absolute atomic E-state index is 0.356. The van der Waals surface area contributed by atoms with Crippen LogP contribution in [-0.4, -0.2) is 16.0 Å². The Morgan fingerprint density at radius 3 is 2.82 bits per heavy atom. The topological polar surface area (TPSA) is 37.8 Å². The van der Waals surface area contributed by atoms with Gasteiger partial charge in [-0.1, -0.05) is 25.4 Å². The lowest BCUT2D eigenvalue weighted by Gasteiger charge is -2.10. The van der Waals surface area contributed by atoms with Gasteiger partial charge in [0.05, 0.1) is 0 Å². The highest BCUT2D eigenvalue weighted by atomic mass is 35.5. The molecule has 3 nitrogen and oxygen atoms in total. The summed E-state index contributed by atoms with van der Waals surface area (Å²) >= 11 is 7.86. The maximum atomic E-state index is 6.17. The second-order valence-electron chi connectivity index (χ2n) is 4.08. The SMILES string of the molecule is CCc1cc2c(Cl)nc(NC(C)CC)nc2s1. The average Bonchev–Trinajstić information content (AvgIpc) is 2.72. The third-order valence-corrected chi connectivity index (χ3v) is 4.19. The predicted octanol–water partition coefficient (Wildman–Crippen LogP) is 4.12. The van der Waals surface area contributed by atoms with Crippen LogP contribution in [0, 0.1) is 0 Å². The van der Waals surface area contributed by atoms with Crippen molar-refractivity contribution in [3.8, 4) is 0 Å². The number of rotatable bonds is 4. The lowest BCUT2D eigenvalue weighted by atomic mass is 10.3. The van der Waals surface area contributed by atoms with E-state index in [1.54, 1.807) is 11.3 Å². The summed E-state index contributed by atoms with van der Waals surface area (Å²) in [6.45, 7) is 6.36. The summed E-state index contributed by atoms with van der Waals surface area (Å²) < 4.78 is 0. The maximum absolute atomic E-state index is 6.17. The summed E-state index contributed by atoms with van der Waals surface area (Å²) in [6, 6.07) is 2.43. The molecule has 1 atom stereocenters. The van der Waals surface area contributed by atoms with Crippen LogP contribution in [0.15, 0.2) is 6.07 Å². The summed E-state index contributed by atoms with van der Waals surface area (Å²) in [5, 5.41) is 4.75. The molecule has 17 heavy (non-hydrogen) atoms. The van der Waals surface area contributed by atoms with Gasteiger partial charge in [-0.3, -0.25) is 0 Å². The largest absolute Gasteiger partial charge is 0.352 e. The molecule has 0 aliphatic rings. The van der Waals surface area contributed by atoms with Gasteiger partial charge in [-0.15, -0.1) is 11.3 Å². The number of aryl methyl sites for hydroxylation is 1. The van der Waals surface area contributed by atoms with Crippen molar-refractivity contribution in [1.29, 1.82) is 0 Å². The van der Waals surface area contributed by atoms with Gasteiger partial charge in [0.25, 0.3) is 0 Å². The average molecular weight is 270 g/mol. The summed E-state index contributed by atoms with van der Waals surface area (Å²) in [4.78, 5) is 11.0. The van der Waals surface area contributed by atoms with E-state index in [9.17, 15) is 0 Å². The molecule has 0 aliphatic carbocycles. The van der Waals surface area contributed by atoms with Crippen LogP contribution >= 0.6 is 22.9 Å². The van der Waals surface area contributed by atoms with Crippen LogP contribution in [0.3, 0.4) is 0 Å². The van der Waals surface area contributed by atoms with E-state index in [2.05, 4.69) is 42.1 Å². The van der Waals surface area contributed by atoms with Crippen LogP contribution in [0.4, 0.5) is 5.95 Å². The Labute approximate surface area is 110 Å². The molecule has 2 aromatic rings. The van der Waals surface area contributed by atoms with Crippen molar-refractivity contribution in [2.24, 2.45) is 0 Å². The molecule has 0 amide bonds. The van der Waals surface area contributed by atoms with Crippen molar-refractivity contribution in [2.75, 3.05) is 5.32 Å². The quantitative estimate of drug-likeness (QED) is 0.849. The van der Waals surface area contributed by atoms with E-state index in [4.69, 9.17) is 11.6 Å². The van der Waals surface area contributed by atoms with Gasteiger partial charge in [-0.2, -0.15) is 0 Å². The maximum Gasteiger partial charge on any atom is 0.225 e. The Kier molecular flexibility index (Phi) is 3.84. The van der Waals surface area contributed by atoms with Crippen LogP contribution < -0.4 is 5.32 Å². The number of nitrogens with one attached hydrogen (secondary N) is 1. The molecule has 0 fully saturated rings. The molecule has 0 saturated carbocycles. The highest BCUT2D eigenvalue weighted by Crippen LogP contribution is 2.30. The third-order valence-electron chi connectivity index (χ3n) is 2.73. The monoisotopic (exact) mass is 269 g/mol. The van der Waals surface area contributed by atoms with E-state index in [0.29, 0.717) is 17.1 Å². The smallest absolute Gasteiger partial charge is 0.225 e. The first-order valence-electron chi connectivity index (χ1n) is 5.86. The first-order chi connectivity index (χ1) is 8.13. The molecular weight excluding hydrogens is 254 g/mol. The molecule has 0 radical (unpaired) electrons. The number of fused-ring (bicyclic) bond motifs is 1. The van der Waals surface area contributed by atoms with Crippen molar-refractivity contribution in [3.05, 3.63) is 16.1 Å². The Balaban J connectivity index is 2.40. The highest BCUT2D eigenvalue weighted by Gasteiger charge is 2.10. The molecule has 2 heterocycles. The molecule has 0 saturated heterocycles. The summed E-state index contributed by atoms with van der Waals surface area (Å²) in [5.41, 5.74) is 0. The normalized spacial score (nSPS) is 12.9. The van der Waals surface area contributed by atoms with Crippen molar-refractivity contribution in [3.63, 3.8) is 0 Å². The lowest BCUT2D eigenvalue weighted by Crippen LogP contribution is -2.15. The fraction of sp³-hybridized carbons (Fsp3) is 0.500. The minimum atomic E-state index is 0.356. The Morgan fingerprint density at radius 1 is 1.41 bits per heavy atom. The highest BCUT2D eigenvalue weighted by molar-refractivity contribution is 7.18. The standard InChI is InChI=1S/C12H16ClN3S/c1-4-7(3)14-12-15-10(13)9-6-8(5-2)17-11(9)16-12/h6-7H,4-5H2,1-3H3,(H,14,15,16). The second-order valence-corrected chi connectivity index (χ2v) is 5.55. The van der Waals surface area contributed by atoms with Gasteiger partial charge in [-0.25, -0.2) is 9.97 Å². The Hall–Kier alpha value is -0.870. The van der Waals surface area contributed by atoms with E-state index >= 15 is 0 Å². The van der Waals surface area contributed by atoms with Crippen molar-refractivity contribution in [1.82, 2.24) is 9.97 Å². The molecular formula is C12H16ClN3S. The molecule has 1 unspecified atom stereocenters. The van der Waals surface area contributed by atoms with E-state index in [1.165, 1.54) is 4.88 Å². The molecule has 92 valence electrons. The van der Waals surface area contributed by atoms with E-state index in [-0.39, 0.29) is 0 Å². The fourth-order valence-electron chi connectivity index (χ4n) is 1.50. The van der Waals surface area contributed by atoms with Crippen molar-refractivity contribution < 1.29 is 0 Å². The van der Waals surface area contributed by atoms with Crippen LogP contribution in [0.2, 0.25) is 5.15 Å². The van der Waals surface area contributed by atoms with Gasteiger partial charge in [-0.05, 0) is 25.8 Å². The lowest BCUT2D eigenvalue weighted by molar-refractivity contribution is 0.754. The van der Waals surface area contributed by atoms with Gasteiger partial charge < -0.3 is 5.32 Å². The predicted molar refractivity (Wildman–Crippen MR) is 75.2 cm³/mol. The summed E-state index contributed by atoms with van der Waals surface area (Å²) in [7, 11) is 0. The van der Waals surface area contributed by atoms with E-state index in [0.717, 1.165) is 23.1 Å². The van der Waals surface area contributed by atoms with Crippen LogP contribution in [0.1, 0.15) is 32.1 Å². The number of anilines is 1. The van der Waals surface area contributed by atoms with Gasteiger partial charge in [0.15, 0.2) is 0 Å². The minimum Gasteiger partial charge on any atom is -0.352 e. The van der Waals surface area contributed by atoms with Gasteiger partial charge in [0.1, 0.15) is 9.98 Å². The van der Waals surface area contributed by atoms with Crippen molar-refractivity contribution in [2.45, 2.75) is 39.7 Å². The van der Waals surface area contributed by atoms with Crippen LogP contribution in [0.25, 0.3) is 10.2 Å². The van der Waals surface area contributed by atoms with Crippen LogP contribution in [0.5, 0.6) is 0 Å². The summed E-state index contributed by atoms with van der Waals surface area (Å²) in [6.07, 6.45) is 2.04. The Bertz CT molecular complexity index is 524. The van der Waals surface area contributed by atoms with Gasteiger partial charge in [0, 0.05) is 16.3 Å². The molecule has 1 N–H and O–H groups in total. The van der Waals surface area contributed by atoms with Crippen molar-refractivity contribution >= 4 is 39.1 Å². The zero-order chi connectivity index (χ0) is 12.4. The van der Waals surface area contributed by atoms with E-state index in [1.807, 2.05) is 0 Å². The Morgan fingerprint density at radius 2 is 2.18 bits per heavy atom. The number of halogens is 1. The zero-order valence-electron chi connectivity index (χ0n) is 10.2. The molecule has 0 aliphatic heterocycles. The number of aromatic nitrogens is 2. The van der Waals surface area contributed by atoms with Gasteiger partial charge >= 0.3 is 0 Å². The van der Waals surface area contributed by atoms with Crippen LogP contribution in [-0.2, 0) is 6.42 Å². The molecule has 0 bridgehead atoms. The third kappa shape index (κ3) is 2.69. The fourth-order valence-corrected chi connectivity index (χ4v) is 2.75. The number of thiophene rings is 1. The second kappa shape index (κ2) is 5.19. The first kappa shape index (κ1) is 12.6. The zero-order valence-corrected chi connectivity index (χ0v) is 11.8. The van der Waals surface area contributed by atoms with E-state index < -0.39 is 0 Å². The number of hydrogen-bond donors (Lipinski definition) is 1. The number of nitrogens with zero attached hydrogens (tertiary/aromatic N) is 2. The summed E-state index contributed by atoms with van der Waals surface area (Å²) in [5.74, 6) is 0.626. The number of hydrogen-bond acceptors (Lipinski definition) is 4.